The third-order valence-electron chi connectivity index (χ3n) is 9.65. The molecule has 50 heavy (non-hydrogen) atoms. The molecule has 7 rings (SSSR count). The molecule has 0 spiro atoms. The van der Waals surface area contributed by atoms with Crippen LogP contribution in [0.3, 0.4) is 0 Å². The Morgan fingerprint density at radius 2 is 1.72 bits per heavy atom. The summed E-state index contributed by atoms with van der Waals surface area (Å²) in [6, 6.07) is 20.7. The zero-order chi connectivity index (χ0) is 35.0. The van der Waals surface area contributed by atoms with Crippen molar-refractivity contribution in [2.45, 2.75) is 24.7 Å². The Kier molecular flexibility index (Phi) is 9.10. The van der Waals surface area contributed by atoms with E-state index in [1.807, 2.05) is 49.2 Å². The summed E-state index contributed by atoms with van der Waals surface area (Å²) in [5, 5.41) is 12.7. The van der Waals surface area contributed by atoms with Crippen molar-refractivity contribution in [3.05, 3.63) is 84.7 Å². The lowest BCUT2D eigenvalue weighted by Gasteiger charge is -2.29. The van der Waals surface area contributed by atoms with Gasteiger partial charge in [0.25, 0.3) is 0 Å². The van der Waals surface area contributed by atoms with Gasteiger partial charge in [0.2, 0.25) is 11.8 Å². The van der Waals surface area contributed by atoms with Crippen LogP contribution in [0.4, 0.5) is 5.69 Å². The molecule has 13 heteroatoms. The van der Waals surface area contributed by atoms with E-state index in [1.165, 1.54) is 11.8 Å². The zero-order valence-electron chi connectivity index (χ0n) is 28.4. The number of carbonyl (C=O) groups excluding carboxylic acids is 2. The average Bonchev–Trinajstić information content (AvgIpc) is 3.88. The SMILES string of the molecule is CCN(C(=O)C1CCN(CC(=O)N2CC=C(c3ccc(-c4ncn(C)n4)cc3)CC2)C1)c1ccc2[nH]nc(-c3ccc(S(C)(=O)=O)cc3)c2c1. The molecule has 3 aromatic carbocycles. The number of carbonyl (C=O) groups is 2. The van der Waals surface area contributed by atoms with Gasteiger partial charge in [0.1, 0.15) is 6.33 Å². The molecule has 0 radical (unpaired) electrons. The Hall–Kier alpha value is -5.14. The van der Waals surface area contributed by atoms with E-state index < -0.39 is 9.84 Å². The van der Waals surface area contributed by atoms with E-state index >= 15 is 0 Å². The predicted octanol–water partition coefficient (Wildman–Crippen LogP) is 4.42. The minimum Gasteiger partial charge on any atom is -0.338 e. The van der Waals surface area contributed by atoms with Crippen LogP contribution in [0.5, 0.6) is 0 Å². The number of rotatable bonds is 9. The predicted molar refractivity (Wildman–Crippen MR) is 193 cm³/mol. The molecule has 4 heterocycles. The molecule has 1 saturated heterocycles. The molecular weight excluding hydrogens is 653 g/mol. The number of aryl methyl sites for hydroxylation is 1. The monoisotopic (exact) mass is 692 g/mol. The molecule has 5 aromatic rings. The number of benzene rings is 3. The first-order valence-electron chi connectivity index (χ1n) is 16.8. The van der Waals surface area contributed by atoms with Gasteiger partial charge in [0.15, 0.2) is 15.7 Å². The Morgan fingerprint density at radius 3 is 2.38 bits per heavy atom. The van der Waals surface area contributed by atoms with Gasteiger partial charge < -0.3 is 9.80 Å². The number of anilines is 1. The van der Waals surface area contributed by atoms with Gasteiger partial charge in [-0.25, -0.2) is 13.4 Å². The lowest BCUT2D eigenvalue weighted by atomic mass is 9.98. The number of likely N-dealkylation sites (tertiary alicyclic amines) is 1. The summed E-state index contributed by atoms with van der Waals surface area (Å²) >= 11 is 0. The van der Waals surface area contributed by atoms with Crippen molar-refractivity contribution in [2.24, 2.45) is 13.0 Å². The molecule has 1 atom stereocenters. The summed E-state index contributed by atoms with van der Waals surface area (Å²) in [6.07, 6.45) is 6.49. The van der Waals surface area contributed by atoms with Gasteiger partial charge in [0.05, 0.1) is 28.6 Å². The fraction of sp³-hybridized carbons (Fsp3) is 0.324. The van der Waals surface area contributed by atoms with Gasteiger partial charge in [-0.05, 0) is 67.8 Å². The highest BCUT2D eigenvalue weighted by molar-refractivity contribution is 7.90. The van der Waals surface area contributed by atoms with E-state index in [2.05, 4.69) is 43.4 Å². The topological polar surface area (TPSA) is 137 Å². The van der Waals surface area contributed by atoms with Gasteiger partial charge in [-0.1, -0.05) is 42.5 Å². The lowest BCUT2D eigenvalue weighted by molar-refractivity contribution is -0.132. The number of H-pyrrole nitrogens is 1. The molecule has 1 unspecified atom stereocenters. The highest BCUT2D eigenvalue weighted by Crippen LogP contribution is 2.32. The molecule has 1 N–H and O–H groups in total. The first-order valence-corrected chi connectivity index (χ1v) is 18.7. The minimum absolute atomic E-state index is 0.0414. The first-order chi connectivity index (χ1) is 24.1. The van der Waals surface area contributed by atoms with E-state index in [4.69, 9.17) is 0 Å². The van der Waals surface area contributed by atoms with Crippen LogP contribution in [0.15, 0.2) is 84.0 Å². The third kappa shape index (κ3) is 6.83. The van der Waals surface area contributed by atoms with E-state index in [-0.39, 0.29) is 22.6 Å². The summed E-state index contributed by atoms with van der Waals surface area (Å²) in [4.78, 5) is 37.5. The molecule has 0 saturated carbocycles. The molecular formula is C37H40N8O4S. The normalized spacial score (nSPS) is 16.9. The van der Waals surface area contributed by atoms with Crippen LogP contribution in [0.2, 0.25) is 0 Å². The van der Waals surface area contributed by atoms with Crippen molar-refractivity contribution in [1.82, 2.24) is 34.8 Å². The van der Waals surface area contributed by atoms with E-state index in [9.17, 15) is 18.0 Å². The molecule has 2 amide bonds. The van der Waals surface area contributed by atoms with Crippen molar-refractivity contribution >= 4 is 43.8 Å². The van der Waals surface area contributed by atoms with Crippen LogP contribution in [0.25, 0.3) is 39.1 Å². The van der Waals surface area contributed by atoms with Crippen LogP contribution in [0.1, 0.15) is 25.3 Å². The number of amides is 2. The molecule has 258 valence electrons. The lowest BCUT2D eigenvalue weighted by Crippen LogP contribution is -2.42. The van der Waals surface area contributed by atoms with Gasteiger partial charge in [-0.15, -0.1) is 0 Å². The fourth-order valence-electron chi connectivity index (χ4n) is 6.87. The Balaban J connectivity index is 0.962. The highest BCUT2D eigenvalue weighted by atomic mass is 32.2. The maximum atomic E-state index is 13.9. The number of aromatic amines is 1. The summed E-state index contributed by atoms with van der Waals surface area (Å²) < 4.78 is 25.5. The number of hydrogen-bond donors (Lipinski definition) is 1. The Bertz CT molecular complexity index is 2190. The van der Waals surface area contributed by atoms with Gasteiger partial charge in [-0.2, -0.15) is 10.2 Å². The molecule has 2 aromatic heterocycles. The number of fused-ring (bicyclic) bond motifs is 1. The quantitative estimate of drug-likeness (QED) is 0.240. The summed E-state index contributed by atoms with van der Waals surface area (Å²) in [5.41, 5.74) is 6.40. The maximum absolute atomic E-state index is 13.9. The van der Waals surface area contributed by atoms with Crippen LogP contribution in [-0.2, 0) is 26.5 Å². The van der Waals surface area contributed by atoms with E-state index in [0.717, 1.165) is 39.7 Å². The Morgan fingerprint density at radius 1 is 0.980 bits per heavy atom. The third-order valence-corrected chi connectivity index (χ3v) is 10.8. The second-order valence-electron chi connectivity index (χ2n) is 13.0. The average molecular weight is 693 g/mol. The summed E-state index contributed by atoms with van der Waals surface area (Å²) in [7, 11) is -1.46. The molecule has 2 aliphatic rings. The van der Waals surface area contributed by atoms with Crippen molar-refractivity contribution < 1.29 is 18.0 Å². The molecule has 0 aliphatic carbocycles. The minimum atomic E-state index is -3.31. The van der Waals surface area contributed by atoms with Gasteiger partial charge in [0, 0.05) is 61.7 Å². The molecule has 1 fully saturated rings. The molecule has 12 nitrogen and oxygen atoms in total. The van der Waals surface area contributed by atoms with Gasteiger partial charge in [-0.3, -0.25) is 24.3 Å². The number of sulfone groups is 1. The molecule has 0 bridgehead atoms. The van der Waals surface area contributed by atoms with Crippen LogP contribution < -0.4 is 4.90 Å². The van der Waals surface area contributed by atoms with Gasteiger partial charge >= 0.3 is 0 Å². The maximum Gasteiger partial charge on any atom is 0.237 e. The zero-order valence-corrected chi connectivity index (χ0v) is 29.2. The van der Waals surface area contributed by atoms with Crippen molar-refractivity contribution in [3.63, 3.8) is 0 Å². The van der Waals surface area contributed by atoms with Crippen molar-refractivity contribution in [2.75, 3.05) is 50.4 Å². The van der Waals surface area contributed by atoms with Crippen molar-refractivity contribution in [3.8, 4) is 22.6 Å². The second-order valence-corrected chi connectivity index (χ2v) is 15.1. The van der Waals surface area contributed by atoms with Crippen molar-refractivity contribution in [1.29, 1.82) is 0 Å². The summed E-state index contributed by atoms with van der Waals surface area (Å²) in [5.74, 6) is 0.617. The van der Waals surface area contributed by atoms with Crippen LogP contribution >= 0.6 is 0 Å². The van der Waals surface area contributed by atoms with Crippen LogP contribution in [0, 0.1) is 5.92 Å². The standard InChI is InChI=1S/C37H40N8O4S/c1-4-45(30-11-14-33-32(21-30)35(40-39-33)27-9-12-31(13-10-27)50(3,48)49)37(47)29-15-18-43(22-29)23-34(46)44-19-16-26(17-20-44)25-5-7-28(8-6-25)36-38-24-42(2)41-36/h5-14,16,21,24,29H,4,15,17-20,22-23H2,1-3H3,(H,39,40). The second kappa shape index (κ2) is 13.6. The largest absolute Gasteiger partial charge is 0.338 e. The number of aromatic nitrogens is 5. The fourth-order valence-corrected chi connectivity index (χ4v) is 7.50. The van der Waals surface area contributed by atoms with E-state index in [0.29, 0.717) is 57.2 Å². The first kappa shape index (κ1) is 33.4. The number of nitrogens with zero attached hydrogens (tertiary/aromatic N) is 7. The number of hydrogen-bond acceptors (Lipinski definition) is 8. The number of nitrogens with one attached hydrogen (secondary N) is 1. The Labute approximate surface area is 291 Å². The van der Waals surface area contributed by atoms with Crippen LogP contribution in [-0.4, -0.2) is 101 Å². The highest BCUT2D eigenvalue weighted by Gasteiger charge is 2.33. The smallest absolute Gasteiger partial charge is 0.237 e. The molecule has 2 aliphatic heterocycles. The van der Waals surface area contributed by atoms with E-state index in [1.54, 1.807) is 40.2 Å². The summed E-state index contributed by atoms with van der Waals surface area (Å²) in [6.45, 7) is 5.23.